The van der Waals surface area contributed by atoms with Gasteiger partial charge in [-0.25, -0.2) is 13.1 Å². The summed E-state index contributed by atoms with van der Waals surface area (Å²) in [6.07, 6.45) is 0.776. The quantitative estimate of drug-likeness (QED) is 0.854. The number of sulfonamides is 1. The Morgan fingerprint density at radius 2 is 1.93 bits per heavy atom. The van der Waals surface area contributed by atoms with Crippen LogP contribution < -0.4 is 14.4 Å². The number of carbonyl (C=O) groups is 1. The van der Waals surface area contributed by atoms with Crippen molar-refractivity contribution in [2.24, 2.45) is 0 Å². The van der Waals surface area contributed by atoms with E-state index in [1.807, 2.05) is 31.2 Å². The second-order valence-corrected chi connectivity index (χ2v) is 8.68. The van der Waals surface area contributed by atoms with Crippen LogP contribution in [0, 0.1) is 0 Å². The van der Waals surface area contributed by atoms with E-state index in [-0.39, 0.29) is 28.6 Å². The number of nitrogens with zero attached hydrogens (tertiary/aromatic N) is 1. The SMILES string of the molecule is COc1ccc(C(=O)N2c3ccccc3C[C@@H]2C)cc1S(=O)(=O)NC(C)C. The summed E-state index contributed by atoms with van der Waals surface area (Å²) in [6, 6.07) is 12.0. The van der Waals surface area contributed by atoms with Crippen LogP contribution in [0.15, 0.2) is 47.4 Å². The van der Waals surface area contributed by atoms with Gasteiger partial charge in [0.1, 0.15) is 10.6 Å². The molecule has 6 nitrogen and oxygen atoms in total. The van der Waals surface area contributed by atoms with Crippen molar-refractivity contribution in [3.8, 4) is 5.75 Å². The molecule has 0 fully saturated rings. The lowest BCUT2D eigenvalue weighted by Gasteiger charge is -2.23. The molecule has 2 aromatic rings. The van der Waals surface area contributed by atoms with Gasteiger partial charge in [0, 0.05) is 23.3 Å². The molecule has 1 aliphatic heterocycles. The predicted molar refractivity (Wildman–Crippen MR) is 105 cm³/mol. The van der Waals surface area contributed by atoms with Gasteiger partial charge in [0.25, 0.3) is 5.91 Å². The fourth-order valence-electron chi connectivity index (χ4n) is 3.41. The van der Waals surface area contributed by atoms with Gasteiger partial charge in [0.05, 0.1) is 7.11 Å². The molecule has 0 aromatic heterocycles. The Labute approximate surface area is 160 Å². The molecule has 0 radical (unpaired) electrons. The van der Waals surface area contributed by atoms with Crippen molar-refractivity contribution in [2.75, 3.05) is 12.0 Å². The van der Waals surface area contributed by atoms with Crippen LogP contribution in [0.1, 0.15) is 36.7 Å². The van der Waals surface area contributed by atoms with Gasteiger partial charge in [-0.2, -0.15) is 0 Å². The zero-order valence-electron chi connectivity index (χ0n) is 15.9. The van der Waals surface area contributed by atoms with Crippen LogP contribution in [0.5, 0.6) is 5.75 Å². The highest BCUT2D eigenvalue weighted by Crippen LogP contribution is 2.34. The fourth-order valence-corrected chi connectivity index (χ4v) is 4.85. The third kappa shape index (κ3) is 3.70. The van der Waals surface area contributed by atoms with Crippen molar-refractivity contribution >= 4 is 21.6 Å². The number of anilines is 1. The average molecular weight is 388 g/mol. The van der Waals surface area contributed by atoms with Crippen molar-refractivity contribution in [1.82, 2.24) is 4.72 Å². The van der Waals surface area contributed by atoms with Gasteiger partial charge >= 0.3 is 0 Å². The van der Waals surface area contributed by atoms with E-state index in [1.54, 1.807) is 24.8 Å². The van der Waals surface area contributed by atoms with Crippen molar-refractivity contribution in [2.45, 2.75) is 44.2 Å². The van der Waals surface area contributed by atoms with Crippen LogP contribution in [0.2, 0.25) is 0 Å². The molecule has 0 spiro atoms. The lowest BCUT2D eigenvalue weighted by atomic mass is 10.1. The zero-order valence-corrected chi connectivity index (χ0v) is 16.7. The lowest BCUT2D eigenvalue weighted by Crippen LogP contribution is -2.36. The van der Waals surface area contributed by atoms with Gasteiger partial charge in [-0.05, 0) is 57.0 Å². The first-order chi connectivity index (χ1) is 12.7. The standard InChI is InChI=1S/C20H24N2O4S/c1-13(2)21-27(24,25)19-12-16(9-10-18(19)26-4)20(23)22-14(3)11-15-7-5-6-8-17(15)22/h5-10,12-14,21H,11H2,1-4H3/t14-/m0/s1. The molecule has 1 N–H and O–H groups in total. The molecule has 0 unspecified atom stereocenters. The minimum absolute atomic E-state index is 0.00541. The van der Waals surface area contributed by atoms with E-state index in [9.17, 15) is 13.2 Å². The molecule has 0 aliphatic carbocycles. The van der Waals surface area contributed by atoms with Gasteiger partial charge in [-0.15, -0.1) is 0 Å². The Bertz CT molecular complexity index is 970. The minimum atomic E-state index is -3.80. The largest absolute Gasteiger partial charge is 0.495 e. The summed E-state index contributed by atoms with van der Waals surface area (Å²) in [7, 11) is -2.39. The van der Waals surface area contributed by atoms with E-state index in [0.717, 1.165) is 17.7 Å². The van der Waals surface area contributed by atoms with Crippen molar-refractivity contribution in [1.29, 1.82) is 0 Å². The molecule has 3 rings (SSSR count). The van der Waals surface area contributed by atoms with E-state index < -0.39 is 10.0 Å². The van der Waals surface area contributed by atoms with E-state index in [4.69, 9.17) is 4.74 Å². The summed E-state index contributed by atoms with van der Waals surface area (Å²) in [5, 5.41) is 0. The Hall–Kier alpha value is -2.38. The number of hydrogen-bond acceptors (Lipinski definition) is 4. The predicted octanol–water partition coefficient (Wildman–Crippen LogP) is 2.97. The molecule has 27 heavy (non-hydrogen) atoms. The zero-order chi connectivity index (χ0) is 19.8. The number of fused-ring (bicyclic) bond motifs is 1. The Balaban J connectivity index is 2.03. The van der Waals surface area contributed by atoms with Crippen LogP contribution in [0.25, 0.3) is 0 Å². The summed E-state index contributed by atoms with van der Waals surface area (Å²) in [6.45, 7) is 5.46. The van der Waals surface area contributed by atoms with Gasteiger partial charge in [-0.1, -0.05) is 18.2 Å². The summed E-state index contributed by atoms with van der Waals surface area (Å²) in [4.78, 5) is 14.9. The second kappa shape index (κ2) is 7.32. The Kier molecular flexibility index (Phi) is 5.26. The fraction of sp³-hybridized carbons (Fsp3) is 0.350. The minimum Gasteiger partial charge on any atom is -0.495 e. The molecular weight excluding hydrogens is 364 g/mol. The highest BCUT2D eigenvalue weighted by atomic mass is 32.2. The maximum atomic E-state index is 13.2. The Morgan fingerprint density at radius 1 is 1.22 bits per heavy atom. The number of carbonyl (C=O) groups excluding carboxylic acids is 1. The van der Waals surface area contributed by atoms with E-state index >= 15 is 0 Å². The second-order valence-electron chi connectivity index (χ2n) is 7.00. The van der Waals surface area contributed by atoms with Crippen LogP contribution in [0.4, 0.5) is 5.69 Å². The number of nitrogens with one attached hydrogen (secondary N) is 1. The van der Waals surface area contributed by atoms with E-state index in [0.29, 0.717) is 5.56 Å². The number of amides is 1. The number of methoxy groups -OCH3 is 1. The third-order valence-electron chi connectivity index (χ3n) is 4.52. The van der Waals surface area contributed by atoms with Crippen molar-refractivity contribution < 1.29 is 17.9 Å². The van der Waals surface area contributed by atoms with Crippen LogP contribution in [0.3, 0.4) is 0 Å². The maximum Gasteiger partial charge on any atom is 0.258 e. The molecule has 2 aromatic carbocycles. The molecular formula is C20H24N2O4S. The monoisotopic (exact) mass is 388 g/mol. The van der Waals surface area contributed by atoms with Crippen molar-refractivity contribution in [3.63, 3.8) is 0 Å². The molecule has 1 heterocycles. The highest BCUT2D eigenvalue weighted by molar-refractivity contribution is 7.89. The number of para-hydroxylation sites is 1. The van der Waals surface area contributed by atoms with Crippen molar-refractivity contribution in [3.05, 3.63) is 53.6 Å². The van der Waals surface area contributed by atoms with E-state index in [2.05, 4.69) is 4.72 Å². The first kappa shape index (κ1) is 19.4. The van der Waals surface area contributed by atoms with E-state index in [1.165, 1.54) is 19.2 Å². The van der Waals surface area contributed by atoms with Crippen LogP contribution in [-0.2, 0) is 16.4 Å². The number of rotatable bonds is 5. The smallest absolute Gasteiger partial charge is 0.258 e. The first-order valence-corrected chi connectivity index (χ1v) is 10.3. The molecule has 1 atom stereocenters. The van der Waals surface area contributed by atoms with Gasteiger partial charge in [0.2, 0.25) is 10.0 Å². The topological polar surface area (TPSA) is 75.7 Å². The average Bonchev–Trinajstić information content (AvgIpc) is 2.95. The molecule has 144 valence electrons. The summed E-state index contributed by atoms with van der Waals surface area (Å²) in [5.74, 6) is -0.0225. The lowest BCUT2D eigenvalue weighted by molar-refractivity contribution is 0.0981. The first-order valence-electron chi connectivity index (χ1n) is 8.86. The number of benzene rings is 2. The third-order valence-corrected chi connectivity index (χ3v) is 6.20. The maximum absolute atomic E-state index is 13.2. The van der Waals surface area contributed by atoms with Crippen LogP contribution >= 0.6 is 0 Å². The van der Waals surface area contributed by atoms with Gasteiger partial charge in [-0.3, -0.25) is 4.79 Å². The van der Waals surface area contributed by atoms with Gasteiger partial charge < -0.3 is 9.64 Å². The van der Waals surface area contributed by atoms with Gasteiger partial charge in [0.15, 0.2) is 0 Å². The normalized spacial score (nSPS) is 16.5. The Morgan fingerprint density at radius 3 is 2.59 bits per heavy atom. The molecule has 1 aliphatic rings. The molecule has 1 amide bonds. The number of hydrogen-bond donors (Lipinski definition) is 1. The van der Waals surface area contributed by atoms with Crippen LogP contribution in [-0.4, -0.2) is 33.5 Å². The molecule has 7 heteroatoms. The summed E-state index contributed by atoms with van der Waals surface area (Å²) in [5.41, 5.74) is 2.29. The molecule has 0 saturated heterocycles. The molecule has 0 bridgehead atoms. The summed E-state index contributed by atoms with van der Waals surface area (Å²) >= 11 is 0. The summed E-state index contributed by atoms with van der Waals surface area (Å²) < 4.78 is 33.1. The molecule has 0 saturated carbocycles. The number of ether oxygens (including phenoxy) is 1. The highest BCUT2D eigenvalue weighted by Gasteiger charge is 2.32.